The highest BCUT2D eigenvalue weighted by molar-refractivity contribution is 6.10. The average molecular weight is 391 g/mol. The fourth-order valence-corrected chi connectivity index (χ4v) is 2.46. The highest BCUT2D eigenvalue weighted by Crippen LogP contribution is 2.23. The minimum absolute atomic E-state index is 0.105. The van der Waals surface area contributed by atoms with E-state index >= 15 is 0 Å². The number of hydrogen-bond acceptors (Lipinski definition) is 6. The van der Waals surface area contributed by atoms with Gasteiger partial charge in [0.25, 0.3) is 0 Å². The monoisotopic (exact) mass is 391 g/mol. The molecule has 0 bridgehead atoms. The number of hydrogen-bond donors (Lipinski definition) is 1. The number of carbonyl (C=O) groups is 4. The Morgan fingerprint density at radius 2 is 1.57 bits per heavy atom. The molecule has 1 aromatic carbocycles. The van der Waals surface area contributed by atoms with Crippen molar-refractivity contribution in [1.82, 2.24) is 5.32 Å². The number of carbonyl (C=O) groups excluding carboxylic acids is 4. The van der Waals surface area contributed by atoms with E-state index in [1.54, 1.807) is 45.0 Å². The zero-order valence-corrected chi connectivity index (χ0v) is 17.3. The quantitative estimate of drug-likeness (QED) is 0.539. The van der Waals surface area contributed by atoms with E-state index in [2.05, 4.69) is 10.1 Å². The molecule has 1 amide bonds. The Morgan fingerprint density at radius 1 is 1.00 bits per heavy atom. The summed E-state index contributed by atoms with van der Waals surface area (Å²) >= 11 is 0. The molecule has 0 aromatic heterocycles. The molecule has 1 unspecified atom stereocenters. The summed E-state index contributed by atoms with van der Waals surface area (Å²) < 4.78 is 9.89. The zero-order chi connectivity index (χ0) is 21.5. The third-order valence-corrected chi connectivity index (χ3v) is 4.08. The van der Waals surface area contributed by atoms with Crippen LogP contribution in [0.4, 0.5) is 4.79 Å². The van der Waals surface area contributed by atoms with Gasteiger partial charge in [0.05, 0.1) is 19.6 Å². The van der Waals surface area contributed by atoms with Gasteiger partial charge >= 0.3 is 12.1 Å². The molecule has 28 heavy (non-hydrogen) atoms. The lowest BCUT2D eigenvalue weighted by Crippen LogP contribution is -2.37. The molecule has 0 heterocycles. The van der Waals surface area contributed by atoms with E-state index in [9.17, 15) is 19.2 Å². The van der Waals surface area contributed by atoms with Gasteiger partial charge < -0.3 is 14.8 Å². The highest BCUT2D eigenvalue weighted by Gasteiger charge is 2.38. The van der Waals surface area contributed by atoms with Gasteiger partial charge in [0.1, 0.15) is 16.8 Å². The van der Waals surface area contributed by atoms with Gasteiger partial charge in [-0.1, -0.05) is 30.3 Å². The first-order chi connectivity index (χ1) is 12.9. The van der Waals surface area contributed by atoms with Crippen LogP contribution in [0.2, 0.25) is 0 Å². The van der Waals surface area contributed by atoms with E-state index in [1.165, 1.54) is 21.0 Å². The van der Waals surface area contributed by atoms with Crippen LogP contribution in [0.3, 0.4) is 0 Å². The van der Waals surface area contributed by atoms with E-state index in [0.29, 0.717) is 5.56 Å². The Balaban J connectivity index is 2.89. The summed E-state index contributed by atoms with van der Waals surface area (Å²) in [6.45, 7) is 8.05. The molecule has 0 spiro atoms. The predicted molar refractivity (Wildman–Crippen MR) is 104 cm³/mol. The van der Waals surface area contributed by atoms with Crippen LogP contribution < -0.4 is 5.32 Å². The van der Waals surface area contributed by atoms with Gasteiger partial charge in [-0.05, 0) is 40.2 Å². The van der Waals surface area contributed by atoms with Gasteiger partial charge in [0.2, 0.25) is 0 Å². The minimum Gasteiger partial charge on any atom is -0.468 e. The summed E-state index contributed by atoms with van der Waals surface area (Å²) in [5.41, 5.74) is -1.39. The molecule has 1 atom stereocenters. The predicted octanol–water partition coefficient (Wildman–Crippen LogP) is 3.37. The van der Waals surface area contributed by atoms with Gasteiger partial charge in [-0.2, -0.15) is 0 Å². The minimum atomic E-state index is -1.41. The van der Waals surface area contributed by atoms with Crippen LogP contribution in [0.15, 0.2) is 30.3 Å². The highest BCUT2D eigenvalue weighted by atomic mass is 16.6. The smallest absolute Gasteiger partial charge is 0.408 e. The topological polar surface area (TPSA) is 98.8 Å². The van der Waals surface area contributed by atoms with Crippen molar-refractivity contribution in [2.45, 2.75) is 59.1 Å². The summed E-state index contributed by atoms with van der Waals surface area (Å²) in [7, 11) is 1.19. The second kappa shape index (κ2) is 9.48. The fraction of sp³-hybridized carbons (Fsp3) is 0.524. The maximum absolute atomic E-state index is 12.5. The Bertz CT molecular complexity index is 718. The third kappa shape index (κ3) is 7.13. The molecule has 0 radical (unpaired) electrons. The van der Waals surface area contributed by atoms with E-state index in [-0.39, 0.29) is 6.42 Å². The molecular formula is C21H29NO6. The third-order valence-electron chi connectivity index (χ3n) is 4.08. The number of alkyl carbamates (subject to hydrolysis) is 1. The maximum atomic E-state index is 12.5. The summed E-state index contributed by atoms with van der Waals surface area (Å²) in [5.74, 6) is -1.63. The molecule has 1 aromatic rings. The van der Waals surface area contributed by atoms with Crippen LogP contribution in [0.5, 0.6) is 0 Å². The van der Waals surface area contributed by atoms with Crippen LogP contribution in [-0.4, -0.2) is 36.3 Å². The molecule has 0 aliphatic heterocycles. The fourth-order valence-electron chi connectivity index (χ4n) is 2.46. The number of ketones is 2. The van der Waals surface area contributed by atoms with Gasteiger partial charge in [-0.25, -0.2) is 4.79 Å². The molecule has 0 aliphatic rings. The first-order valence-corrected chi connectivity index (χ1v) is 9.04. The Hall–Kier alpha value is -2.70. The van der Waals surface area contributed by atoms with Gasteiger partial charge in [0.15, 0.2) is 5.78 Å². The molecule has 0 saturated heterocycles. The summed E-state index contributed by atoms with van der Waals surface area (Å²) in [4.78, 5) is 48.8. The summed E-state index contributed by atoms with van der Waals surface area (Å²) in [6, 6.07) is 8.28. The summed E-state index contributed by atoms with van der Waals surface area (Å²) in [6.07, 6.45) is -1.19. The first kappa shape index (κ1) is 23.3. The number of nitrogens with one attached hydrogen (secondary N) is 1. The van der Waals surface area contributed by atoms with Crippen LogP contribution in [0.25, 0.3) is 0 Å². The largest absolute Gasteiger partial charge is 0.468 e. The molecule has 0 fully saturated rings. The lowest BCUT2D eigenvalue weighted by atomic mass is 9.84. The molecule has 0 saturated carbocycles. The van der Waals surface area contributed by atoms with Gasteiger partial charge in [0, 0.05) is 6.42 Å². The lowest BCUT2D eigenvalue weighted by molar-refractivity contribution is -0.155. The van der Waals surface area contributed by atoms with Gasteiger partial charge in [-0.3, -0.25) is 14.4 Å². The van der Waals surface area contributed by atoms with Crippen molar-refractivity contribution in [1.29, 1.82) is 0 Å². The normalized spacial score (nSPS) is 12.6. The number of esters is 1. The van der Waals surface area contributed by atoms with Crippen LogP contribution in [0, 0.1) is 5.41 Å². The number of rotatable bonds is 8. The Kier molecular flexibility index (Phi) is 7.90. The van der Waals surface area contributed by atoms with Crippen molar-refractivity contribution in [2.75, 3.05) is 7.11 Å². The Labute approximate surface area is 165 Å². The SMILES string of the molecule is COC(=O)C(C)(C)C(=O)CC(=O)CC(NC(=O)OC(C)(C)C)c1ccccc1. The average Bonchev–Trinajstić information content (AvgIpc) is 2.59. The molecule has 154 valence electrons. The second-order valence-electron chi connectivity index (χ2n) is 8.07. The van der Waals surface area contributed by atoms with Crippen molar-refractivity contribution < 1.29 is 28.7 Å². The standard InChI is InChI=1S/C21H29NO6/c1-20(2,3)28-19(26)22-16(14-10-8-7-9-11-14)12-15(23)13-17(24)21(4,5)18(25)27-6/h7-11,16H,12-13H2,1-6H3,(H,22,26). The number of amides is 1. The van der Waals surface area contributed by atoms with E-state index in [0.717, 1.165) is 0 Å². The molecule has 7 heteroatoms. The van der Waals surface area contributed by atoms with Crippen molar-refractivity contribution >= 4 is 23.6 Å². The molecule has 1 rings (SSSR count). The molecule has 1 N–H and O–H groups in total. The van der Waals surface area contributed by atoms with E-state index in [1.807, 2.05) is 6.07 Å². The molecule has 7 nitrogen and oxygen atoms in total. The lowest BCUT2D eigenvalue weighted by Gasteiger charge is -2.24. The van der Waals surface area contributed by atoms with Gasteiger partial charge in [-0.15, -0.1) is 0 Å². The molecule has 0 aliphatic carbocycles. The zero-order valence-electron chi connectivity index (χ0n) is 17.3. The van der Waals surface area contributed by atoms with Crippen molar-refractivity contribution in [3.05, 3.63) is 35.9 Å². The number of ether oxygens (including phenoxy) is 2. The van der Waals surface area contributed by atoms with E-state index in [4.69, 9.17) is 4.74 Å². The van der Waals surface area contributed by atoms with Crippen molar-refractivity contribution in [3.8, 4) is 0 Å². The van der Waals surface area contributed by atoms with E-state index < -0.39 is 47.1 Å². The maximum Gasteiger partial charge on any atom is 0.408 e. The Morgan fingerprint density at radius 3 is 2.07 bits per heavy atom. The number of Topliss-reactive ketones (excluding diaryl/α,β-unsaturated/α-hetero) is 2. The number of benzene rings is 1. The summed E-state index contributed by atoms with van der Waals surface area (Å²) in [5, 5.41) is 2.68. The van der Waals surface area contributed by atoms with Crippen molar-refractivity contribution in [2.24, 2.45) is 5.41 Å². The van der Waals surface area contributed by atoms with Crippen molar-refractivity contribution in [3.63, 3.8) is 0 Å². The van der Waals surface area contributed by atoms with Crippen LogP contribution >= 0.6 is 0 Å². The number of methoxy groups -OCH3 is 1. The first-order valence-electron chi connectivity index (χ1n) is 9.04. The van der Waals surface area contributed by atoms with Crippen LogP contribution in [0.1, 0.15) is 59.1 Å². The molecular weight excluding hydrogens is 362 g/mol. The second-order valence-corrected chi connectivity index (χ2v) is 8.07. The van der Waals surface area contributed by atoms with Crippen LogP contribution in [-0.2, 0) is 23.9 Å².